The summed E-state index contributed by atoms with van der Waals surface area (Å²) in [6.45, 7) is 29.7. The second kappa shape index (κ2) is 14.5. The van der Waals surface area contributed by atoms with Gasteiger partial charge >= 0.3 is 0 Å². The van der Waals surface area contributed by atoms with E-state index in [2.05, 4.69) is 216 Å². The van der Waals surface area contributed by atoms with Crippen LogP contribution >= 0.6 is 0 Å². The summed E-state index contributed by atoms with van der Waals surface area (Å²) < 4.78 is 2.34. The van der Waals surface area contributed by atoms with E-state index in [0.29, 0.717) is 0 Å². The van der Waals surface area contributed by atoms with Crippen LogP contribution in [0.15, 0.2) is 128 Å². The quantitative estimate of drug-likeness (QED) is 0.188. The van der Waals surface area contributed by atoms with Gasteiger partial charge in [0, 0.05) is 28.3 Å². The van der Waals surface area contributed by atoms with Gasteiger partial charge in [-0.05, 0) is 120 Å². The van der Waals surface area contributed by atoms with Crippen molar-refractivity contribution >= 4 is 21.8 Å². The second-order valence-electron chi connectivity index (χ2n) is 22.5. The topological polar surface area (TPSA) is 50.9 Å². The van der Waals surface area contributed by atoms with Crippen molar-refractivity contribution in [2.24, 2.45) is 0 Å². The number of aromatic nitrogens is 3. The highest BCUT2D eigenvalue weighted by molar-refractivity contribution is 6.02. The van der Waals surface area contributed by atoms with Gasteiger partial charge in [-0.2, -0.15) is 0 Å². The molecule has 0 saturated carbocycles. The molecule has 0 saturated heterocycles. The molecule has 0 spiro atoms. The summed E-state index contributed by atoms with van der Waals surface area (Å²) in [6, 6.07) is 44.2. The standard InChI is InChI=1S/C59H63N3O/c1-55(2,3)40-30-38(29-39(31-40)48-32-37(27-28-60-48)36-19-15-14-16-20-36)42-21-18-24-50-52(42)61-54(44-33-41(56(4,5)6)34-47(53(44)63)57(7,8)9)62(50)49-26-25-46-51-43(49)22-17-23-45(51)58(10,11)35-59(46,12)13/h14-34,63H,35H2,1-13H3. The van der Waals surface area contributed by atoms with E-state index in [1.165, 1.54) is 27.5 Å². The fourth-order valence-electron chi connectivity index (χ4n) is 10.3. The molecule has 0 radical (unpaired) electrons. The normalized spacial score (nSPS) is 15.0. The predicted octanol–water partition coefficient (Wildman–Crippen LogP) is 15.8. The molecule has 63 heavy (non-hydrogen) atoms. The van der Waals surface area contributed by atoms with Crippen molar-refractivity contribution in [1.29, 1.82) is 0 Å². The van der Waals surface area contributed by atoms with Gasteiger partial charge in [0.25, 0.3) is 0 Å². The Morgan fingerprint density at radius 1 is 0.556 bits per heavy atom. The van der Waals surface area contributed by atoms with Gasteiger partial charge in [-0.3, -0.25) is 9.55 Å². The molecule has 1 N–H and O–H groups in total. The van der Waals surface area contributed by atoms with Gasteiger partial charge < -0.3 is 5.11 Å². The maximum Gasteiger partial charge on any atom is 0.149 e. The van der Waals surface area contributed by atoms with Crippen molar-refractivity contribution in [2.45, 2.75) is 124 Å². The molecule has 0 bridgehead atoms. The van der Waals surface area contributed by atoms with Crippen LogP contribution in [0.4, 0.5) is 0 Å². The molecule has 4 heteroatoms. The zero-order chi connectivity index (χ0) is 45.0. The number of phenolic OH excluding ortho intramolecular Hbond substituents is 1. The molecule has 0 atom stereocenters. The number of hydrogen-bond acceptors (Lipinski definition) is 3. The van der Waals surface area contributed by atoms with E-state index in [-0.39, 0.29) is 32.8 Å². The number of rotatable bonds is 5. The first kappa shape index (κ1) is 42.3. The third kappa shape index (κ3) is 7.36. The maximum atomic E-state index is 12.6. The Bertz CT molecular complexity index is 3070. The van der Waals surface area contributed by atoms with E-state index >= 15 is 0 Å². The Balaban J connectivity index is 1.37. The largest absolute Gasteiger partial charge is 0.507 e. The van der Waals surface area contributed by atoms with E-state index in [1.54, 1.807) is 0 Å². The number of hydrogen-bond donors (Lipinski definition) is 1. The second-order valence-corrected chi connectivity index (χ2v) is 22.5. The maximum absolute atomic E-state index is 12.6. The fourth-order valence-corrected chi connectivity index (χ4v) is 10.3. The number of fused-ring (bicyclic) bond motifs is 1. The average Bonchev–Trinajstić information content (AvgIpc) is 3.60. The first-order valence-electron chi connectivity index (χ1n) is 22.7. The molecule has 320 valence electrons. The molecule has 8 aromatic rings. The van der Waals surface area contributed by atoms with Crippen molar-refractivity contribution in [2.75, 3.05) is 0 Å². The lowest BCUT2D eigenvalue weighted by molar-refractivity contribution is 0.341. The van der Waals surface area contributed by atoms with Crippen LogP contribution < -0.4 is 0 Å². The molecular formula is C59H63N3O. The molecule has 4 nitrogen and oxygen atoms in total. The zero-order valence-corrected chi connectivity index (χ0v) is 39.6. The van der Waals surface area contributed by atoms with Crippen LogP contribution in [-0.2, 0) is 27.1 Å². The highest BCUT2D eigenvalue weighted by Crippen LogP contribution is 2.51. The molecule has 1 aliphatic carbocycles. The third-order valence-electron chi connectivity index (χ3n) is 13.6. The summed E-state index contributed by atoms with van der Waals surface area (Å²) in [5.41, 5.74) is 15.5. The number of benzene rings is 6. The first-order chi connectivity index (χ1) is 29.5. The molecule has 6 aromatic carbocycles. The molecule has 0 amide bonds. The summed E-state index contributed by atoms with van der Waals surface area (Å²) in [5.74, 6) is 1.01. The minimum atomic E-state index is -0.310. The molecule has 9 rings (SSSR count). The fraction of sp³-hybridized carbons (Fsp3) is 0.322. The molecule has 0 unspecified atom stereocenters. The molecule has 2 aromatic heterocycles. The average molecular weight is 830 g/mol. The number of phenols is 1. The van der Waals surface area contributed by atoms with E-state index in [1.807, 2.05) is 6.20 Å². The molecule has 1 aliphatic rings. The van der Waals surface area contributed by atoms with Gasteiger partial charge in [0.05, 0.1) is 28.0 Å². The smallest absolute Gasteiger partial charge is 0.149 e. The number of pyridine rings is 1. The Morgan fingerprint density at radius 2 is 1.21 bits per heavy atom. The van der Waals surface area contributed by atoms with Crippen molar-refractivity contribution in [3.8, 4) is 56.3 Å². The molecular weight excluding hydrogens is 767 g/mol. The van der Waals surface area contributed by atoms with Crippen molar-refractivity contribution < 1.29 is 5.11 Å². The van der Waals surface area contributed by atoms with E-state index < -0.39 is 0 Å². The van der Waals surface area contributed by atoms with Crippen molar-refractivity contribution in [1.82, 2.24) is 14.5 Å². The van der Waals surface area contributed by atoms with Crippen molar-refractivity contribution in [3.05, 3.63) is 155 Å². The van der Waals surface area contributed by atoms with Crippen LogP contribution in [-0.4, -0.2) is 19.6 Å². The van der Waals surface area contributed by atoms with Crippen molar-refractivity contribution in [3.63, 3.8) is 0 Å². The van der Waals surface area contributed by atoms with Crippen LogP contribution in [0.3, 0.4) is 0 Å². The molecule has 2 heterocycles. The summed E-state index contributed by atoms with van der Waals surface area (Å²) in [5, 5.41) is 15.1. The van der Waals surface area contributed by atoms with Crippen LogP contribution in [0.2, 0.25) is 0 Å². The molecule has 0 aliphatic heterocycles. The minimum absolute atomic E-state index is 0.00614. The van der Waals surface area contributed by atoms with Gasteiger partial charge in [0.2, 0.25) is 0 Å². The minimum Gasteiger partial charge on any atom is -0.507 e. The number of aromatic hydroxyl groups is 1. The van der Waals surface area contributed by atoms with E-state index in [4.69, 9.17) is 9.97 Å². The van der Waals surface area contributed by atoms with Gasteiger partial charge in [0.1, 0.15) is 11.6 Å². The number of para-hydroxylation sites is 1. The van der Waals surface area contributed by atoms with Gasteiger partial charge in [-0.1, -0.05) is 169 Å². The lowest BCUT2D eigenvalue weighted by atomic mass is 9.62. The lowest BCUT2D eigenvalue weighted by Gasteiger charge is -2.42. The van der Waals surface area contributed by atoms with Gasteiger partial charge in [0.15, 0.2) is 0 Å². The van der Waals surface area contributed by atoms with Crippen LogP contribution in [0, 0.1) is 0 Å². The zero-order valence-electron chi connectivity index (χ0n) is 39.6. The van der Waals surface area contributed by atoms with Gasteiger partial charge in [-0.15, -0.1) is 0 Å². The monoisotopic (exact) mass is 829 g/mol. The summed E-state index contributed by atoms with van der Waals surface area (Å²) in [7, 11) is 0. The summed E-state index contributed by atoms with van der Waals surface area (Å²) in [4.78, 5) is 10.7. The number of nitrogens with zero attached hydrogens (tertiary/aromatic N) is 3. The van der Waals surface area contributed by atoms with Crippen LogP contribution in [0.5, 0.6) is 5.75 Å². The Kier molecular flexibility index (Phi) is 9.75. The van der Waals surface area contributed by atoms with E-state index in [9.17, 15) is 5.11 Å². The number of imidazole rings is 1. The molecule has 0 fully saturated rings. The lowest BCUT2D eigenvalue weighted by Crippen LogP contribution is -2.34. The Morgan fingerprint density at radius 3 is 1.89 bits per heavy atom. The van der Waals surface area contributed by atoms with Crippen LogP contribution in [0.25, 0.3) is 72.4 Å². The predicted molar refractivity (Wildman–Crippen MR) is 267 cm³/mol. The third-order valence-corrected chi connectivity index (χ3v) is 13.6. The Hall–Kier alpha value is -6.00. The SMILES string of the molecule is CC(C)(C)c1cc(-c2cc(-c3ccccc3)ccn2)cc(-c2cccc3c2nc(-c2cc(C(C)(C)C)cc(C(C)(C)C)c2O)n3-c2ccc3c4c(cccc24)C(C)(C)CC3(C)C)c1. The van der Waals surface area contributed by atoms with Crippen LogP contribution in [0.1, 0.15) is 124 Å². The van der Waals surface area contributed by atoms with E-state index in [0.717, 1.165) is 79.2 Å². The Labute approximate surface area is 375 Å². The first-order valence-corrected chi connectivity index (χ1v) is 22.7. The van der Waals surface area contributed by atoms with Gasteiger partial charge in [-0.25, -0.2) is 4.98 Å². The summed E-state index contributed by atoms with van der Waals surface area (Å²) >= 11 is 0. The highest BCUT2D eigenvalue weighted by atomic mass is 16.3. The summed E-state index contributed by atoms with van der Waals surface area (Å²) in [6.07, 6.45) is 2.99. The highest BCUT2D eigenvalue weighted by Gasteiger charge is 2.39.